The number of hydrogen-bond acceptors (Lipinski definition) is 3. The van der Waals surface area contributed by atoms with Crippen LogP contribution in [0.5, 0.6) is 5.75 Å². The van der Waals surface area contributed by atoms with Crippen LogP contribution in [0.1, 0.15) is 29.4 Å². The van der Waals surface area contributed by atoms with Crippen LogP contribution in [0.4, 0.5) is 0 Å². The van der Waals surface area contributed by atoms with Crippen molar-refractivity contribution in [3.8, 4) is 5.75 Å². The highest BCUT2D eigenvalue weighted by Gasteiger charge is 2.02. The Bertz CT molecular complexity index is 946. The van der Waals surface area contributed by atoms with E-state index < -0.39 is 0 Å². The van der Waals surface area contributed by atoms with Crippen LogP contribution in [0.15, 0.2) is 65.9 Å². The van der Waals surface area contributed by atoms with Gasteiger partial charge in [0, 0.05) is 32.0 Å². The summed E-state index contributed by atoms with van der Waals surface area (Å²) in [7, 11) is 1.68. The molecular weight excluding hydrogens is 374 g/mol. The number of hydrogen-bond donors (Lipinski definition) is 2. The first-order valence-electron chi connectivity index (χ1n) is 10.4. The van der Waals surface area contributed by atoms with Gasteiger partial charge in [0.05, 0.1) is 13.7 Å². The van der Waals surface area contributed by atoms with E-state index in [1.54, 1.807) is 7.11 Å². The highest BCUT2D eigenvalue weighted by molar-refractivity contribution is 5.79. The third-order valence-corrected chi connectivity index (χ3v) is 4.90. The van der Waals surface area contributed by atoms with Gasteiger partial charge >= 0.3 is 0 Å². The molecule has 6 heteroatoms. The van der Waals surface area contributed by atoms with Crippen LogP contribution >= 0.6 is 0 Å². The van der Waals surface area contributed by atoms with Gasteiger partial charge in [-0.15, -0.1) is 0 Å². The van der Waals surface area contributed by atoms with Crippen molar-refractivity contribution in [3.05, 3.63) is 83.4 Å². The third-order valence-electron chi connectivity index (χ3n) is 4.90. The summed E-state index contributed by atoms with van der Waals surface area (Å²) < 4.78 is 7.36. The standard InChI is InChI=1S/C24H31N5O/c1-4-25-24(27-13-12-20-8-10-23(30-3)11-9-20)28-17-21-6-5-7-22(16-21)18-29-15-14-26-19(29)2/h5-11,14-16H,4,12-13,17-18H2,1-3H3,(H2,25,27,28). The number of aryl methyl sites for hydroxylation is 1. The van der Waals surface area contributed by atoms with Crippen molar-refractivity contribution < 1.29 is 4.74 Å². The molecule has 2 N–H and O–H groups in total. The smallest absolute Gasteiger partial charge is 0.191 e. The normalized spacial score (nSPS) is 11.4. The summed E-state index contributed by atoms with van der Waals surface area (Å²) in [4.78, 5) is 9.05. The van der Waals surface area contributed by atoms with Gasteiger partial charge < -0.3 is 19.9 Å². The molecule has 0 amide bonds. The molecule has 0 saturated heterocycles. The van der Waals surface area contributed by atoms with Crippen LogP contribution in [-0.4, -0.2) is 35.7 Å². The zero-order valence-electron chi connectivity index (χ0n) is 18.1. The van der Waals surface area contributed by atoms with Crippen molar-refractivity contribution in [2.75, 3.05) is 20.2 Å². The van der Waals surface area contributed by atoms with Gasteiger partial charge in [0.1, 0.15) is 11.6 Å². The van der Waals surface area contributed by atoms with Crippen LogP contribution in [0.2, 0.25) is 0 Å². The monoisotopic (exact) mass is 405 g/mol. The highest BCUT2D eigenvalue weighted by atomic mass is 16.5. The number of ether oxygens (including phenoxy) is 1. The summed E-state index contributed by atoms with van der Waals surface area (Å²) in [6, 6.07) is 16.7. The SMILES string of the molecule is CCNC(=NCc1cccc(Cn2ccnc2C)c1)NCCc1ccc(OC)cc1. The fourth-order valence-electron chi connectivity index (χ4n) is 3.22. The minimum atomic E-state index is 0.634. The van der Waals surface area contributed by atoms with Gasteiger partial charge in [-0.3, -0.25) is 0 Å². The molecule has 0 radical (unpaired) electrons. The van der Waals surface area contributed by atoms with Gasteiger partial charge in [0.15, 0.2) is 5.96 Å². The number of guanidine groups is 1. The van der Waals surface area contributed by atoms with Gasteiger partial charge in [0.25, 0.3) is 0 Å². The lowest BCUT2D eigenvalue weighted by molar-refractivity contribution is 0.414. The Labute approximate surface area is 179 Å². The van der Waals surface area contributed by atoms with Gasteiger partial charge in [-0.25, -0.2) is 9.98 Å². The summed E-state index contributed by atoms with van der Waals surface area (Å²) in [6.07, 6.45) is 4.77. The summed E-state index contributed by atoms with van der Waals surface area (Å²) in [5.41, 5.74) is 3.71. The molecule has 0 aliphatic heterocycles. The molecule has 1 aromatic heterocycles. The van der Waals surface area contributed by atoms with Crippen molar-refractivity contribution >= 4 is 5.96 Å². The average Bonchev–Trinajstić information content (AvgIpc) is 3.17. The predicted octanol–water partition coefficient (Wildman–Crippen LogP) is 3.55. The van der Waals surface area contributed by atoms with E-state index >= 15 is 0 Å². The lowest BCUT2D eigenvalue weighted by atomic mass is 10.1. The van der Waals surface area contributed by atoms with Crippen molar-refractivity contribution in [3.63, 3.8) is 0 Å². The van der Waals surface area contributed by atoms with Gasteiger partial charge in [-0.05, 0) is 49.1 Å². The molecule has 0 fully saturated rings. The number of nitrogens with zero attached hydrogens (tertiary/aromatic N) is 3. The lowest BCUT2D eigenvalue weighted by Crippen LogP contribution is -2.38. The van der Waals surface area contributed by atoms with Crippen molar-refractivity contribution in [1.82, 2.24) is 20.2 Å². The molecule has 0 unspecified atom stereocenters. The topological polar surface area (TPSA) is 63.5 Å². The van der Waals surface area contributed by atoms with E-state index in [1.807, 2.05) is 31.5 Å². The van der Waals surface area contributed by atoms with Crippen LogP contribution < -0.4 is 15.4 Å². The van der Waals surface area contributed by atoms with Crippen LogP contribution in [0.25, 0.3) is 0 Å². The van der Waals surface area contributed by atoms with Crippen molar-refractivity contribution in [2.24, 2.45) is 4.99 Å². The summed E-state index contributed by atoms with van der Waals surface area (Å²) >= 11 is 0. The first-order chi connectivity index (χ1) is 14.7. The number of aliphatic imine (C=N–C) groups is 1. The minimum Gasteiger partial charge on any atom is -0.497 e. The number of rotatable bonds is 9. The van der Waals surface area contributed by atoms with E-state index in [9.17, 15) is 0 Å². The Hall–Kier alpha value is -3.28. The number of methoxy groups -OCH3 is 1. The van der Waals surface area contributed by atoms with E-state index in [-0.39, 0.29) is 0 Å². The number of aromatic nitrogens is 2. The molecule has 0 spiro atoms. The Kier molecular flexibility index (Phi) is 7.89. The Morgan fingerprint density at radius 3 is 2.57 bits per heavy atom. The molecular formula is C24H31N5O. The van der Waals surface area contributed by atoms with Crippen molar-refractivity contribution in [1.29, 1.82) is 0 Å². The second-order valence-electron chi connectivity index (χ2n) is 7.14. The molecule has 30 heavy (non-hydrogen) atoms. The first kappa shape index (κ1) is 21.4. The Morgan fingerprint density at radius 2 is 1.87 bits per heavy atom. The highest BCUT2D eigenvalue weighted by Crippen LogP contribution is 2.12. The average molecular weight is 406 g/mol. The molecule has 0 aliphatic rings. The largest absolute Gasteiger partial charge is 0.497 e. The fraction of sp³-hybridized carbons (Fsp3) is 0.333. The minimum absolute atomic E-state index is 0.634. The zero-order chi connectivity index (χ0) is 21.2. The van der Waals surface area contributed by atoms with E-state index in [0.29, 0.717) is 6.54 Å². The maximum Gasteiger partial charge on any atom is 0.191 e. The molecule has 0 atom stereocenters. The molecule has 2 aromatic carbocycles. The molecule has 0 saturated carbocycles. The first-order valence-corrected chi connectivity index (χ1v) is 10.4. The zero-order valence-corrected chi connectivity index (χ0v) is 18.1. The Morgan fingerprint density at radius 1 is 1.07 bits per heavy atom. The predicted molar refractivity (Wildman–Crippen MR) is 122 cm³/mol. The van der Waals surface area contributed by atoms with Gasteiger partial charge in [0.2, 0.25) is 0 Å². The number of benzene rings is 2. The number of nitrogens with one attached hydrogen (secondary N) is 2. The number of imidazole rings is 1. The second-order valence-corrected chi connectivity index (χ2v) is 7.14. The van der Waals surface area contributed by atoms with Gasteiger partial charge in [-0.2, -0.15) is 0 Å². The second kappa shape index (κ2) is 11.0. The summed E-state index contributed by atoms with van der Waals surface area (Å²) in [5, 5.41) is 6.74. The van der Waals surface area contributed by atoms with Crippen LogP contribution in [-0.2, 0) is 19.5 Å². The van der Waals surface area contributed by atoms with Crippen molar-refractivity contribution in [2.45, 2.75) is 33.4 Å². The Balaban J connectivity index is 1.55. The van der Waals surface area contributed by atoms with Crippen LogP contribution in [0.3, 0.4) is 0 Å². The van der Waals surface area contributed by atoms with Crippen LogP contribution in [0, 0.1) is 6.92 Å². The maximum atomic E-state index is 5.21. The maximum absolute atomic E-state index is 5.21. The summed E-state index contributed by atoms with van der Waals surface area (Å²) in [5.74, 6) is 2.74. The molecule has 3 aromatic rings. The van der Waals surface area contributed by atoms with Gasteiger partial charge in [-0.1, -0.05) is 36.4 Å². The van der Waals surface area contributed by atoms with E-state index in [2.05, 4.69) is 63.5 Å². The fourth-order valence-corrected chi connectivity index (χ4v) is 3.22. The van der Waals surface area contributed by atoms with E-state index in [4.69, 9.17) is 9.73 Å². The molecule has 0 bridgehead atoms. The molecule has 158 valence electrons. The lowest BCUT2D eigenvalue weighted by Gasteiger charge is -2.12. The third kappa shape index (κ3) is 6.37. The quantitative estimate of drug-likeness (QED) is 0.422. The van der Waals surface area contributed by atoms with E-state index in [1.165, 1.54) is 16.7 Å². The molecule has 0 aliphatic carbocycles. The molecule has 6 nitrogen and oxygen atoms in total. The summed E-state index contributed by atoms with van der Waals surface area (Å²) in [6.45, 7) is 7.20. The molecule has 1 heterocycles. The molecule has 3 rings (SSSR count). The van der Waals surface area contributed by atoms with E-state index in [0.717, 1.165) is 43.6 Å².